The lowest BCUT2D eigenvalue weighted by atomic mass is 10.2. The first kappa shape index (κ1) is 13.5. The minimum atomic E-state index is -3.45. The number of halogens is 1. The molecule has 0 saturated heterocycles. The predicted octanol–water partition coefficient (Wildman–Crippen LogP) is 2.69. The Balaban J connectivity index is 2.35. The number of rotatable bonds is 3. The van der Waals surface area contributed by atoms with Crippen molar-refractivity contribution in [2.24, 2.45) is 0 Å². The van der Waals surface area contributed by atoms with Crippen LogP contribution in [-0.4, -0.2) is 8.42 Å². The van der Waals surface area contributed by atoms with E-state index in [1.807, 2.05) is 0 Å². The van der Waals surface area contributed by atoms with Crippen molar-refractivity contribution in [2.45, 2.75) is 17.6 Å². The topological polar surface area (TPSA) is 60.2 Å². The first-order chi connectivity index (χ1) is 8.88. The predicted molar refractivity (Wildman–Crippen MR) is 72.9 cm³/mol. The number of nitrogens with two attached hydrogens (primary N) is 1. The van der Waals surface area contributed by atoms with Gasteiger partial charge in [-0.2, -0.15) is 0 Å². The Bertz CT molecular complexity index is 694. The number of nitrogen functional groups attached to an aromatic ring is 1. The van der Waals surface area contributed by atoms with Crippen LogP contribution in [0.15, 0.2) is 47.4 Å². The lowest BCUT2D eigenvalue weighted by Crippen LogP contribution is -2.07. The highest BCUT2D eigenvalue weighted by Gasteiger charge is 2.17. The van der Waals surface area contributed by atoms with Gasteiger partial charge in [-0.3, -0.25) is 0 Å². The molecule has 0 amide bonds. The van der Waals surface area contributed by atoms with Gasteiger partial charge in [0.05, 0.1) is 10.6 Å². The third-order valence-electron chi connectivity index (χ3n) is 2.80. The highest BCUT2D eigenvalue weighted by Crippen LogP contribution is 2.22. The summed E-state index contributed by atoms with van der Waals surface area (Å²) in [6.45, 7) is 1.70. The Morgan fingerprint density at radius 2 is 1.74 bits per heavy atom. The largest absolute Gasteiger partial charge is 0.399 e. The van der Waals surface area contributed by atoms with Gasteiger partial charge < -0.3 is 5.73 Å². The molecule has 0 aliphatic heterocycles. The van der Waals surface area contributed by atoms with E-state index in [0.29, 0.717) is 16.8 Å². The molecule has 0 aliphatic carbocycles. The van der Waals surface area contributed by atoms with Crippen molar-refractivity contribution in [2.75, 3.05) is 5.73 Å². The smallest absolute Gasteiger partial charge is 0.182 e. The second-order valence-corrected chi connectivity index (χ2v) is 6.37. The van der Waals surface area contributed by atoms with Crippen LogP contribution >= 0.6 is 0 Å². The van der Waals surface area contributed by atoms with Crippen LogP contribution < -0.4 is 5.73 Å². The zero-order valence-electron chi connectivity index (χ0n) is 10.4. The first-order valence-corrected chi connectivity index (χ1v) is 7.37. The lowest BCUT2D eigenvalue weighted by molar-refractivity contribution is 0.594. The Labute approximate surface area is 111 Å². The van der Waals surface area contributed by atoms with Gasteiger partial charge in [-0.25, -0.2) is 12.8 Å². The number of benzene rings is 2. The SMILES string of the molecule is Cc1cc(N)ccc1S(=O)(=O)Cc1ccc(F)cc1. The number of sulfone groups is 1. The van der Waals surface area contributed by atoms with Gasteiger partial charge >= 0.3 is 0 Å². The highest BCUT2D eigenvalue weighted by atomic mass is 32.2. The van der Waals surface area contributed by atoms with Gasteiger partial charge in [-0.1, -0.05) is 12.1 Å². The molecule has 3 nitrogen and oxygen atoms in total. The number of hydrogen-bond donors (Lipinski definition) is 1. The highest BCUT2D eigenvalue weighted by molar-refractivity contribution is 7.90. The van der Waals surface area contributed by atoms with Gasteiger partial charge in [-0.15, -0.1) is 0 Å². The van der Waals surface area contributed by atoms with E-state index in [1.165, 1.54) is 30.3 Å². The van der Waals surface area contributed by atoms with E-state index < -0.39 is 9.84 Å². The van der Waals surface area contributed by atoms with Crippen molar-refractivity contribution in [3.05, 3.63) is 59.4 Å². The molecule has 5 heteroatoms. The number of anilines is 1. The zero-order chi connectivity index (χ0) is 14.0. The summed E-state index contributed by atoms with van der Waals surface area (Å²) >= 11 is 0. The van der Waals surface area contributed by atoms with E-state index >= 15 is 0 Å². The summed E-state index contributed by atoms with van der Waals surface area (Å²) < 4.78 is 37.4. The van der Waals surface area contributed by atoms with Crippen LogP contribution in [-0.2, 0) is 15.6 Å². The molecular weight excluding hydrogens is 265 g/mol. The maximum Gasteiger partial charge on any atom is 0.182 e. The van der Waals surface area contributed by atoms with Gasteiger partial charge in [0.15, 0.2) is 9.84 Å². The van der Waals surface area contributed by atoms with Crippen molar-refractivity contribution in [3.63, 3.8) is 0 Å². The van der Waals surface area contributed by atoms with Gasteiger partial charge in [0.2, 0.25) is 0 Å². The van der Waals surface area contributed by atoms with Crippen LogP contribution in [0.4, 0.5) is 10.1 Å². The molecule has 0 bridgehead atoms. The Morgan fingerprint density at radius 1 is 1.11 bits per heavy atom. The van der Waals surface area contributed by atoms with Crippen LogP contribution in [0.25, 0.3) is 0 Å². The van der Waals surface area contributed by atoms with Gasteiger partial charge in [-0.05, 0) is 48.4 Å². The molecule has 19 heavy (non-hydrogen) atoms. The molecule has 0 fully saturated rings. The molecule has 2 N–H and O–H groups in total. The fourth-order valence-electron chi connectivity index (χ4n) is 1.90. The van der Waals surface area contributed by atoms with Crippen molar-refractivity contribution in [1.29, 1.82) is 0 Å². The number of aryl methyl sites for hydroxylation is 1. The summed E-state index contributed by atoms with van der Waals surface area (Å²) in [5.41, 5.74) is 7.30. The first-order valence-electron chi connectivity index (χ1n) is 5.72. The summed E-state index contributed by atoms with van der Waals surface area (Å²) in [4.78, 5) is 0.256. The maximum absolute atomic E-state index is 12.8. The van der Waals surface area contributed by atoms with Crippen molar-refractivity contribution in [1.82, 2.24) is 0 Å². The zero-order valence-corrected chi connectivity index (χ0v) is 11.2. The monoisotopic (exact) mass is 279 g/mol. The summed E-state index contributed by atoms with van der Waals surface area (Å²) in [6, 6.07) is 10.1. The van der Waals surface area contributed by atoms with Crippen molar-refractivity contribution in [3.8, 4) is 0 Å². The molecule has 0 spiro atoms. The average Bonchev–Trinajstić information content (AvgIpc) is 2.31. The summed E-state index contributed by atoms with van der Waals surface area (Å²) in [5.74, 6) is -0.539. The fourth-order valence-corrected chi connectivity index (χ4v) is 3.51. The van der Waals surface area contributed by atoms with Crippen molar-refractivity contribution < 1.29 is 12.8 Å². The van der Waals surface area contributed by atoms with E-state index in [2.05, 4.69) is 0 Å². The van der Waals surface area contributed by atoms with Crippen molar-refractivity contribution >= 4 is 15.5 Å². The maximum atomic E-state index is 12.8. The van der Waals surface area contributed by atoms with Crippen LogP contribution in [0, 0.1) is 12.7 Å². The standard InChI is InChI=1S/C14H14FNO2S/c1-10-8-13(16)6-7-14(10)19(17,18)9-11-2-4-12(15)5-3-11/h2-8H,9,16H2,1H3. The van der Waals surface area contributed by atoms with Crippen LogP contribution in [0.3, 0.4) is 0 Å². The Morgan fingerprint density at radius 3 is 2.32 bits per heavy atom. The van der Waals surface area contributed by atoms with Crippen LogP contribution in [0.5, 0.6) is 0 Å². The summed E-state index contributed by atoms with van der Waals surface area (Å²) in [7, 11) is -3.45. The normalized spacial score (nSPS) is 11.5. The van der Waals surface area contributed by atoms with Crippen LogP contribution in [0.2, 0.25) is 0 Å². The molecule has 0 aliphatic rings. The molecule has 2 aromatic rings. The summed E-state index contributed by atoms with van der Waals surface area (Å²) in [6.07, 6.45) is 0. The third-order valence-corrected chi connectivity index (χ3v) is 4.65. The van der Waals surface area contributed by atoms with Gasteiger partial charge in [0.1, 0.15) is 5.82 Å². The second kappa shape index (κ2) is 5.01. The van der Waals surface area contributed by atoms with E-state index in [0.717, 1.165) is 0 Å². The van der Waals surface area contributed by atoms with E-state index in [4.69, 9.17) is 5.73 Å². The molecule has 0 heterocycles. The fraction of sp³-hybridized carbons (Fsp3) is 0.143. The Kier molecular flexibility index (Phi) is 3.57. The van der Waals surface area contributed by atoms with Gasteiger partial charge in [0, 0.05) is 5.69 Å². The molecule has 0 radical (unpaired) electrons. The molecule has 0 aromatic heterocycles. The molecule has 100 valence electrons. The lowest BCUT2D eigenvalue weighted by Gasteiger charge is -2.08. The molecule has 2 rings (SSSR count). The second-order valence-electron chi connectivity index (χ2n) is 4.41. The van der Waals surface area contributed by atoms with E-state index in [-0.39, 0.29) is 16.5 Å². The molecule has 0 saturated carbocycles. The Hall–Kier alpha value is -1.88. The number of hydrogen-bond acceptors (Lipinski definition) is 3. The minimum Gasteiger partial charge on any atom is -0.399 e. The van der Waals surface area contributed by atoms with E-state index in [9.17, 15) is 12.8 Å². The minimum absolute atomic E-state index is 0.155. The molecule has 0 atom stereocenters. The third kappa shape index (κ3) is 3.12. The molecule has 0 unspecified atom stereocenters. The summed E-state index contributed by atoms with van der Waals surface area (Å²) in [5, 5.41) is 0. The van der Waals surface area contributed by atoms with Gasteiger partial charge in [0.25, 0.3) is 0 Å². The average molecular weight is 279 g/mol. The quantitative estimate of drug-likeness (QED) is 0.879. The van der Waals surface area contributed by atoms with Crippen LogP contribution in [0.1, 0.15) is 11.1 Å². The molecule has 2 aromatic carbocycles. The molecular formula is C14H14FNO2S. The van der Waals surface area contributed by atoms with E-state index in [1.54, 1.807) is 19.1 Å².